The maximum atomic E-state index is 13.0. The van der Waals surface area contributed by atoms with Gasteiger partial charge in [0.25, 0.3) is 0 Å². The van der Waals surface area contributed by atoms with Crippen LogP contribution >= 0.6 is 0 Å². The molecule has 4 rings (SSSR count). The van der Waals surface area contributed by atoms with Gasteiger partial charge in [0, 0.05) is 47.7 Å². The molecule has 0 aliphatic carbocycles. The zero-order valence-corrected chi connectivity index (χ0v) is 21.1. The van der Waals surface area contributed by atoms with E-state index in [0.717, 1.165) is 27.6 Å². The molecule has 36 heavy (non-hydrogen) atoms. The summed E-state index contributed by atoms with van der Waals surface area (Å²) in [6, 6.07) is 9.56. The second kappa shape index (κ2) is 10.8. The van der Waals surface area contributed by atoms with Gasteiger partial charge in [-0.3, -0.25) is 9.59 Å². The number of likely N-dealkylation sites (tertiary alicyclic amines) is 1. The molecule has 2 heterocycles. The monoisotopic (exact) mass is 492 g/mol. The maximum Gasteiger partial charge on any atom is 0.246 e. The molecule has 190 valence electrons. The van der Waals surface area contributed by atoms with Crippen LogP contribution in [0.1, 0.15) is 32.3 Å². The van der Waals surface area contributed by atoms with Crippen molar-refractivity contribution in [1.29, 1.82) is 0 Å². The van der Waals surface area contributed by atoms with E-state index in [1.54, 1.807) is 31.5 Å². The summed E-state index contributed by atoms with van der Waals surface area (Å²) in [5.41, 5.74) is 9.50. The molecule has 0 unspecified atom stereocenters. The Bertz CT molecular complexity index is 1300. The number of rotatable bonds is 8. The van der Waals surface area contributed by atoms with Crippen LogP contribution in [0, 0.1) is 5.92 Å². The molecule has 2 aromatic carbocycles. The van der Waals surface area contributed by atoms with Crippen molar-refractivity contribution in [2.45, 2.75) is 26.7 Å². The lowest BCUT2D eigenvalue weighted by Crippen LogP contribution is -2.41. The topological polar surface area (TPSA) is 104 Å². The van der Waals surface area contributed by atoms with E-state index in [1.165, 1.54) is 0 Å². The highest BCUT2D eigenvalue weighted by atomic mass is 16.5. The molecule has 1 saturated heterocycles. The van der Waals surface area contributed by atoms with Gasteiger partial charge in [0.1, 0.15) is 11.3 Å². The number of amides is 2. The van der Waals surface area contributed by atoms with E-state index in [-0.39, 0.29) is 17.7 Å². The number of nitrogens with two attached hydrogens (primary N) is 1. The van der Waals surface area contributed by atoms with Crippen LogP contribution in [-0.4, -0.2) is 50.6 Å². The minimum Gasteiger partial charge on any atom is -0.493 e. The minimum absolute atomic E-state index is 0.0923. The number of methoxy groups -OCH3 is 2. The molecule has 0 radical (unpaired) electrons. The first-order chi connectivity index (χ1) is 17.4. The van der Waals surface area contributed by atoms with Crippen molar-refractivity contribution in [3.63, 3.8) is 0 Å². The number of benzene rings is 2. The Morgan fingerprint density at radius 2 is 1.81 bits per heavy atom. The fraction of sp³-hybridized carbons (Fsp3) is 0.357. The number of carbonyl (C=O) groups is 2. The van der Waals surface area contributed by atoms with Gasteiger partial charge >= 0.3 is 0 Å². The van der Waals surface area contributed by atoms with E-state index in [0.29, 0.717) is 55.4 Å². The van der Waals surface area contributed by atoms with Crippen molar-refractivity contribution < 1.29 is 28.2 Å². The Morgan fingerprint density at radius 3 is 2.44 bits per heavy atom. The lowest BCUT2D eigenvalue weighted by atomic mass is 9.96. The van der Waals surface area contributed by atoms with Gasteiger partial charge in [0.2, 0.25) is 11.8 Å². The van der Waals surface area contributed by atoms with E-state index < -0.39 is 0 Å². The quantitative estimate of drug-likeness (QED) is 0.459. The number of primary amides is 1. The van der Waals surface area contributed by atoms with Crippen molar-refractivity contribution in [1.82, 2.24) is 4.90 Å². The second-order valence-electron chi connectivity index (χ2n) is 8.83. The zero-order valence-electron chi connectivity index (χ0n) is 21.1. The van der Waals surface area contributed by atoms with Crippen LogP contribution in [0.4, 0.5) is 0 Å². The molecule has 8 heteroatoms. The van der Waals surface area contributed by atoms with Gasteiger partial charge in [-0.2, -0.15) is 0 Å². The van der Waals surface area contributed by atoms with Crippen molar-refractivity contribution in [3.05, 3.63) is 48.2 Å². The number of carbonyl (C=O) groups excluding carboxylic acids is 2. The third-order valence-corrected chi connectivity index (χ3v) is 6.64. The molecule has 0 bridgehead atoms. The number of ether oxygens (including phenoxy) is 3. The highest BCUT2D eigenvalue weighted by Gasteiger charge is 2.25. The van der Waals surface area contributed by atoms with Gasteiger partial charge in [0.15, 0.2) is 11.5 Å². The number of furan rings is 1. The summed E-state index contributed by atoms with van der Waals surface area (Å²) < 4.78 is 22.6. The lowest BCUT2D eigenvalue weighted by molar-refractivity contribution is -0.130. The molecule has 3 aromatic rings. The van der Waals surface area contributed by atoms with Gasteiger partial charge in [-0.15, -0.1) is 0 Å². The number of hydrogen-bond acceptors (Lipinski definition) is 6. The van der Waals surface area contributed by atoms with E-state index in [2.05, 4.69) is 0 Å². The van der Waals surface area contributed by atoms with E-state index in [1.807, 2.05) is 44.2 Å². The van der Waals surface area contributed by atoms with E-state index in [4.69, 9.17) is 24.4 Å². The molecule has 0 saturated carbocycles. The number of nitrogens with zero attached hydrogens (tertiary/aromatic N) is 1. The Morgan fingerprint density at radius 1 is 1.08 bits per heavy atom. The van der Waals surface area contributed by atoms with Crippen LogP contribution in [0.25, 0.3) is 27.7 Å². The van der Waals surface area contributed by atoms with Gasteiger partial charge in [-0.25, -0.2) is 0 Å². The van der Waals surface area contributed by atoms with Crippen LogP contribution in [0.5, 0.6) is 17.2 Å². The fourth-order valence-corrected chi connectivity index (χ4v) is 4.60. The number of hydrogen-bond donors (Lipinski definition) is 1. The molecule has 1 aliphatic rings. The molecule has 0 atom stereocenters. The van der Waals surface area contributed by atoms with Crippen molar-refractivity contribution in [2.75, 3.05) is 33.9 Å². The fourth-order valence-electron chi connectivity index (χ4n) is 4.60. The maximum absolute atomic E-state index is 13.0. The van der Waals surface area contributed by atoms with Crippen LogP contribution in [0.3, 0.4) is 0 Å². The molecule has 2 amide bonds. The lowest BCUT2D eigenvalue weighted by Gasteiger charge is -2.30. The minimum atomic E-state index is -0.297. The summed E-state index contributed by atoms with van der Waals surface area (Å²) in [6.45, 7) is 5.31. The Kier molecular flexibility index (Phi) is 7.52. The highest BCUT2D eigenvalue weighted by Crippen LogP contribution is 2.40. The third-order valence-electron chi connectivity index (χ3n) is 6.64. The smallest absolute Gasteiger partial charge is 0.246 e. The summed E-state index contributed by atoms with van der Waals surface area (Å²) in [5, 5.41) is 0.892. The molecular weight excluding hydrogens is 460 g/mol. The normalized spacial score (nSPS) is 14.7. The molecule has 1 fully saturated rings. The third kappa shape index (κ3) is 5.03. The predicted octanol–water partition coefficient (Wildman–Crippen LogP) is 4.64. The van der Waals surface area contributed by atoms with Crippen molar-refractivity contribution in [2.24, 2.45) is 11.7 Å². The van der Waals surface area contributed by atoms with Gasteiger partial charge in [0.05, 0.1) is 27.1 Å². The van der Waals surface area contributed by atoms with Gasteiger partial charge in [-0.05, 0) is 56.0 Å². The largest absolute Gasteiger partial charge is 0.493 e. The average molecular weight is 493 g/mol. The van der Waals surface area contributed by atoms with Crippen LogP contribution in [0.15, 0.2) is 47.1 Å². The van der Waals surface area contributed by atoms with Crippen molar-refractivity contribution in [3.8, 4) is 28.4 Å². The zero-order chi connectivity index (χ0) is 25.8. The molecule has 1 aliphatic heterocycles. The number of piperidine rings is 1. The summed E-state index contributed by atoms with van der Waals surface area (Å²) in [6.07, 6.45) is 4.52. The Balaban J connectivity index is 1.69. The summed E-state index contributed by atoms with van der Waals surface area (Å²) >= 11 is 0. The van der Waals surface area contributed by atoms with Crippen LogP contribution in [-0.2, 0) is 9.59 Å². The van der Waals surface area contributed by atoms with Gasteiger partial charge in [-0.1, -0.05) is 6.07 Å². The van der Waals surface area contributed by atoms with E-state index in [9.17, 15) is 9.59 Å². The summed E-state index contributed by atoms with van der Waals surface area (Å²) in [5.74, 6) is 1.36. The predicted molar refractivity (Wildman–Crippen MR) is 138 cm³/mol. The first-order valence-electron chi connectivity index (χ1n) is 12.0. The number of allylic oxidation sites excluding steroid dienone is 1. The summed E-state index contributed by atoms with van der Waals surface area (Å²) in [7, 11) is 3.20. The Labute approximate surface area is 210 Å². The van der Waals surface area contributed by atoms with E-state index >= 15 is 0 Å². The SMILES string of the molecule is CCOc1cc2occ(-c3ccc(OC)c(OC)c3)c2cc1/C(C)=C/C(=O)N1CCC(C(N)=O)CC1. The number of fused-ring (bicyclic) bond motifs is 1. The molecule has 0 spiro atoms. The summed E-state index contributed by atoms with van der Waals surface area (Å²) in [4.78, 5) is 26.2. The Hall–Kier alpha value is -3.94. The second-order valence-corrected chi connectivity index (χ2v) is 8.83. The van der Waals surface area contributed by atoms with Crippen molar-refractivity contribution >= 4 is 28.4 Å². The van der Waals surface area contributed by atoms with Crippen LogP contribution < -0.4 is 19.9 Å². The first kappa shape index (κ1) is 25.2. The average Bonchev–Trinajstić information content (AvgIpc) is 3.30. The molecule has 2 N–H and O–H groups in total. The highest BCUT2D eigenvalue weighted by molar-refractivity contribution is 6.00. The molecular formula is C28H32N2O6. The first-order valence-corrected chi connectivity index (χ1v) is 12.0. The standard InChI is InChI=1S/C28H32N2O6/c1-5-35-24-15-25-21(22(16-36-25)19-6-7-23(33-3)26(13-19)34-4)14-20(24)17(2)12-27(31)30-10-8-18(9-11-30)28(29)32/h6-7,12-16,18H,5,8-11H2,1-4H3,(H2,29,32)/b17-12+. The van der Waals surface area contributed by atoms with Crippen LogP contribution in [0.2, 0.25) is 0 Å². The molecule has 8 nitrogen and oxygen atoms in total. The molecule has 1 aromatic heterocycles. The van der Waals surface area contributed by atoms with Gasteiger partial charge < -0.3 is 29.3 Å².